The number of hydrogen-bond donors (Lipinski definition) is 2. The minimum absolute atomic E-state index is 0.0436. The van der Waals surface area contributed by atoms with Crippen molar-refractivity contribution in [3.05, 3.63) is 33.3 Å². The van der Waals surface area contributed by atoms with Gasteiger partial charge in [0.1, 0.15) is 0 Å². The molecule has 0 aliphatic heterocycles. The molecule has 1 aromatic rings. The molecule has 1 aromatic carbocycles. The van der Waals surface area contributed by atoms with Gasteiger partial charge in [0.25, 0.3) is 11.8 Å². The molecule has 1 rings (SSSR count). The summed E-state index contributed by atoms with van der Waals surface area (Å²) >= 11 is 11.9. The summed E-state index contributed by atoms with van der Waals surface area (Å²) in [6.07, 6.45) is 0. The average Bonchev–Trinajstić information content (AvgIpc) is 2.30. The molecule has 0 aliphatic rings. The van der Waals surface area contributed by atoms with Gasteiger partial charge in [0, 0.05) is 12.1 Å². The molecule has 4 nitrogen and oxygen atoms in total. The van der Waals surface area contributed by atoms with E-state index in [1.165, 1.54) is 12.1 Å². The van der Waals surface area contributed by atoms with Crippen LogP contribution in [0.4, 0.5) is 0 Å². The molecule has 0 radical (unpaired) electrons. The van der Waals surface area contributed by atoms with Gasteiger partial charge >= 0.3 is 0 Å². The first-order valence-corrected chi connectivity index (χ1v) is 7.08. The van der Waals surface area contributed by atoms with Crippen LogP contribution in [-0.4, -0.2) is 23.9 Å². The molecule has 110 valence electrons. The highest BCUT2D eigenvalue weighted by Gasteiger charge is 2.20. The molecule has 6 heteroatoms. The lowest BCUT2D eigenvalue weighted by atomic mass is 10.1. The second kappa shape index (κ2) is 6.95. The summed E-state index contributed by atoms with van der Waals surface area (Å²) in [5, 5.41) is 5.94. The van der Waals surface area contributed by atoms with E-state index in [0.717, 1.165) is 0 Å². The molecule has 2 amide bonds. The normalized spacial score (nSPS) is 10.8. The molecule has 2 N–H and O–H groups in total. The van der Waals surface area contributed by atoms with E-state index in [1.807, 2.05) is 27.7 Å². The van der Waals surface area contributed by atoms with Gasteiger partial charge in [-0.05, 0) is 39.8 Å². The molecule has 0 fully saturated rings. The van der Waals surface area contributed by atoms with Gasteiger partial charge in [-0.25, -0.2) is 0 Å². The van der Waals surface area contributed by atoms with Gasteiger partial charge in [0.15, 0.2) is 0 Å². The summed E-state index contributed by atoms with van der Waals surface area (Å²) in [7, 11) is 0. The number of halogens is 2. The van der Waals surface area contributed by atoms with Crippen molar-refractivity contribution in [2.45, 2.75) is 39.8 Å². The zero-order chi connectivity index (χ0) is 15.4. The summed E-state index contributed by atoms with van der Waals surface area (Å²) in [6.45, 7) is 7.35. The van der Waals surface area contributed by atoms with E-state index >= 15 is 0 Å². The van der Waals surface area contributed by atoms with Gasteiger partial charge in [-0.2, -0.15) is 0 Å². The first-order valence-electron chi connectivity index (χ1n) is 6.33. The van der Waals surface area contributed by atoms with E-state index in [1.54, 1.807) is 0 Å². The van der Waals surface area contributed by atoms with E-state index < -0.39 is 0 Å². The Labute approximate surface area is 128 Å². The van der Waals surface area contributed by atoms with Crippen LogP contribution in [0.2, 0.25) is 10.0 Å². The van der Waals surface area contributed by atoms with Crippen LogP contribution in [-0.2, 0) is 0 Å². The Kier molecular flexibility index (Phi) is 5.84. The largest absolute Gasteiger partial charge is 0.350 e. The van der Waals surface area contributed by atoms with Crippen LogP contribution in [0.25, 0.3) is 0 Å². The maximum Gasteiger partial charge on any atom is 0.252 e. The first kappa shape index (κ1) is 16.8. The van der Waals surface area contributed by atoms with Crippen molar-refractivity contribution in [3.63, 3.8) is 0 Å². The smallest absolute Gasteiger partial charge is 0.252 e. The molecule has 0 heterocycles. The number of benzene rings is 1. The third-order valence-corrected chi connectivity index (χ3v) is 3.11. The fraction of sp³-hybridized carbons (Fsp3) is 0.429. The van der Waals surface area contributed by atoms with Crippen molar-refractivity contribution in [1.82, 2.24) is 10.6 Å². The number of carbonyl (C=O) groups excluding carboxylic acids is 2. The summed E-state index contributed by atoms with van der Waals surface area (Å²) in [5.74, 6) is -0.708. The molecular formula is C14H18Cl2N2O2. The Morgan fingerprint density at radius 2 is 1.15 bits per heavy atom. The lowest BCUT2D eigenvalue weighted by Crippen LogP contribution is -2.35. The van der Waals surface area contributed by atoms with Crippen LogP contribution in [0.1, 0.15) is 48.4 Å². The van der Waals surface area contributed by atoms with Crippen LogP contribution >= 0.6 is 23.2 Å². The van der Waals surface area contributed by atoms with Crippen LogP contribution < -0.4 is 10.6 Å². The third-order valence-electron chi connectivity index (χ3n) is 2.39. The van der Waals surface area contributed by atoms with E-state index in [9.17, 15) is 9.59 Å². The highest BCUT2D eigenvalue weighted by Crippen LogP contribution is 2.26. The average molecular weight is 317 g/mol. The zero-order valence-corrected chi connectivity index (χ0v) is 13.4. The Balaban J connectivity index is 3.23. The zero-order valence-electron chi connectivity index (χ0n) is 11.9. The van der Waals surface area contributed by atoms with Crippen LogP contribution in [0.15, 0.2) is 12.1 Å². The Bertz CT molecular complexity index is 481. The lowest BCUT2D eigenvalue weighted by molar-refractivity contribution is 0.0908. The van der Waals surface area contributed by atoms with Crippen LogP contribution in [0.3, 0.4) is 0 Å². The maximum absolute atomic E-state index is 12.1. The van der Waals surface area contributed by atoms with Crippen molar-refractivity contribution in [3.8, 4) is 0 Å². The van der Waals surface area contributed by atoms with E-state index in [2.05, 4.69) is 10.6 Å². The third kappa shape index (κ3) is 4.39. The number of rotatable bonds is 4. The highest BCUT2D eigenvalue weighted by atomic mass is 35.5. The maximum atomic E-state index is 12.1. The van der Waals surface area contributed by atoms with Crippen molar-refractivity contribution in [2.24, 2.45) is 0 Å². The number of carbonyl (C=O) groups is 2. The topological polar surface area (TPSA) is 58.2 Å². The monoisotopic (exact) mass is 316 g/mol. The van der Waals surface area contributed by atoms with Crippen LogP contribution in [0.5, 0.6) is 0 Å². The van der Waals surface area contributed by atoms with Gasteiger partial charge < -0.3 is 10.6 Å². The van der Waals surface area contributed by atoms with Gasteiger partial charge in [-0.3, -0.25) is 9.59 Å². The Morgan fingerprint density at radius 3 is 1.40 bits per heavy atom. The molecule has 0 aromatic heterocycles. The quantitative estimate of drug-likeness (QED) is 0.895. The Morgan fingerprint density at radius 1 is 0.850 bits per heavy atom. The minimum atomic E-state index is -0.354. The molecule has 0 aliphatic carbocycles. The first-order chi connectivity index (χ1) is 9.22. The standard InChI is InChI=1S/C14H18Cl2N2O2/c1-7(2)17-13(19)9-5-11(15)12(16)6-10(9)14(20)18-8(3)4/h5-8H,1-4H3,(H,17,19)(H,18,20). The molecule has 0 saturated carbocycles. The van der Waals surface area contributed by atoms with Gasteiger partial charge in [-0.1, -0.05) is 23.2 Å². The minimum Gasteiger partial charge on any atom is -0.350 e. The predicted molar refractivity (Wildman–Crippen MR) is 81.7 cm³/mol. The van der Waals surface area contributed by atoms with Crippen molar-refractivity contribution < 1.29 is 9.59 Å². The summed E-state index contributed by atoms with van der Waals surface area (Å²) in [4.78, 5) is 24.3. The fourth-order valence-corrected chi connectivity index (χ4v) is 1.93. The summed E-state index contributed by atoms with van der Waals surface area (Å²) in [5.41, 5.74) is 0.428. The van der Waals surface area contributed by atoms with Gasteiger partial charge in [-0.15, -0.1) is 0 Å². The van der Waals surface area contributed by atoms with E-state index in [-0.39, 0.29) is 45.1 Å². The van der Waals surface area contributed by atoms with E-state index in [0.29, 0.717) is 0 Å². The second-order valence-corrected chi connectivity index (χ2v) is 5.88. The summed E-state index contributed by atoms with van der Waals surface area (Å²) in [6, 6.07) is 2.74. The van der Waals surface area contributed by atoms with Gasteiger partial charge in [0.2, 0.25) is 0 Å². The van der Waals surface area contributed by atoms with Crippen molar-refractivity contribution >= 4 is 35.0 Å². The number of amides is 2. The molecule has 0 saturated heterocycles. The van der Waals surface area contributed by atoms with Crippen molar-refractivity contribution in [2.75, 3.05) is 0 Å². The van der Waals surface area contributed by atoms with Crippen molar-refractivity contribution in [1.29, 1.82) is 0 Å². The number of hydrogen-bond acceptors (Lipinski definition) is 2. The van der Waals surface area contributed by atoms with Crippen LogP contribution in [0, 0.1) is 0 Å². The molecule has 0 spiro atoms. The molecule has 0 atom stereocenters. The molecule has 20 heavy (non-hydrogen) atoms. The predicted octanol–water partition coefficient (Wildman–Crippen LogP) is 3.27. The SMILES string of the molecule is CC(C)NC(=O)c1cc(Cl)c(Cl)cc1C(=O)NC(C)C. The summed E-state index contributed by atoms with van der Waals surface area (Å²) < 4.78 is 0. The Hall–Kier alpha value is -1.26. The molecule has 0 bridgehead atoms. The lowest BCUT2D eigenvalue weighted by Gasteiger charge is -2.15. The molecular weight excluding hydrogens is 299 g/mol. The van der Waals surface area contributed by atoms with E-state index in [4.69, 9.17) is 23.2 Å². The second-order valence-electron chi connectivity index (χ2n) is 5.07. The fourth-order valence-electron chi connectivity index (χ4n) is 1.60. The highest BCUT2D eigenvalue weighted by molar-refractivity contribution is 6.42. The number of nitrogens with one attached hydrogen (secondary N) is 2. The van der Waals surface area contributed by atoms with Gasteiger partial charge in [0.05, 0.1) is 21.2 Å². The molecule has 0 unspecified atom stereocenters.